The molecule has 5 heteroatoms. The van der Waals surface area contributed by atoms with Gasteiger partial charge in [-0.05, 0) is 25.5 Å². The van der Waals surface area contributed by atoms with E-state index in [1.54, 1.807) is 0 Å². The van der Waals surface area contributed by atoms with Crippen LogP contribution in [0.3, 0.4) is 0 Å². The highest BCUT2D eigenvalue weighted by Crippen LogP contribution is 2.28. The number of fused-ring (bicyclic) bond motifs is 2. The first kappa shape index (κ1) is 12.8. The van der Waals surface area contributed by atoms with Crippen LogP contribution < -0.4 is 5.32 Å². The summed E-state index contributed by atoms with van der Waals surface area (Å²) in [6, 6.07) is 8.54. The molecule has 3 heterocycles. The molecule has 4 rings (SSSR count). The Morgan fingerprint density at radius 1 is 1.38 bits per heavy atom. The summed E-state index contributed by atoms with van der Waals surface area (Å²) in [5.41, 5.74) is 2.12. The SMILES string of the molecule is Cn1nc(CN2CC3NCCCC3C2=O)c2ccccc21. The van der Waals surface area contributed by atoms with Crippen molar-refractivity contribution in [3.05, 3.63) is 30.0 Å². The van der Waals surface area contributed by atoms with Crippen LogP contribution in [0.15, 0.2) is 24.3 Å². The molecule has 2 fully saturated rings. The van der Waals surface area contributed by atoms with E-state index in [1.165, 1.54) is 0 Å². The molecular formula is C16H20N4O. The molecule has 1 aromatic heterocycles. The zero-order chi connectivity index (χ0) is 14.4. The van der Waals surface area contributed by atoms with E-state index in [0.717, 1.165) is 42.5 Å². The lowest BCUT2D eigenvalue weighted by atomic mass is 9.94. The van der Waals surface area contributed by atoms with Crippen LogP contribution in [0.25, 0.3) is 10.9 Å². The van der Waals surface area contributed by atoms with Crippen LogP contribution in [0, 0.1) is 5.92 Å². The highest BCUT2D eigenvalue weighted by molar-refractivity contribution is 5.84. The minimum atomic E-state index is 0.175. The van der Waals surface area contributed by atoms with E-state index < -0.39 is 0 Å². The number of carbonyl (C=O) groups excluding carboxylic acids is 1. The lowest BCUT2D eigenvalue weighted by Crippen LogP contribution is -2.41. The molecule has 2 aliphatic heterocycles. The molecular weight excluding hydrogens is 264 g/mol. The average molecular weight is 284 g/mol. The summed E-state index contributed by atoms with van der Waals surface area (Å²) < 4.78 is 1.90. The van der Waals surface area contributed by atoms with Gasteiger partial charge in [-0.15, -0.1) is 0 Å². The Morgan fingerprint density at radius 2 is 2.24 bits per heavy atom. The molecule has 1 aromatic carbocycles. The number of carbonyl (C=O) groups is 1. The summed E-state index contributed by atoms with van der Waals surface area (Å²) in [4.78, 5) is 14.5. The summed E-state index contributed by atoms with van der Waals surface area (Å²) >= 11 is 0. The Labute approximate surface area is 123 Å². The van der Waals surface area contributed by atoms with Gasteiger partial charge in [-0.2, -0.15) is 5.10 Å². The van der Waals surface area contributed by atoms with Gasteiger partial charge in [0.25, 0.3) is 0 Å². The number of para-hydroxylation sites is 1. The number of amides is 1. The van der Waals surface area contributed by atoms with E-state index in [1.807, 2.05) is 28.8 Å². The minimum absolute atomic E-state index is 0.175. The fourth-order valence-electron chi connectivity index (χ4n) is 3.73. The summed E-state index contributed by atoms with van der Waals surface area (Å²) in [7, 11) is 1.96. The van der Waals surface area contributed by atoms with E-state index in [9.17, 15) is 4.79 Å². The molecule has 2 aromatic rings. The van der Waals surface area contributed by atoms with Gasteiger partial charge in [-0.25, -0.2) is 0 Å². The predicted molar refractivity (Wildman–Crippen MR) is 80.6 cm³/mol. The zero-order valence-corrected chi connectivity index (χ0v) is 12.2. The molecule has 2 unspecified atom stereocenters. The number of hydrogen-bond donors (Lipinski definition) is 1. The summed E-state index contributed by atoms with van der Waals surface area (Å²) in [5.74, 6) is 0.468. The van der Waals surface area contributed by atoms with Crippen LogP contribution in [-0.4, -0.2) is 39.7 Å². The average Bonchev–Trinajstić information content (AvgIpc) is 2.99. The quantitative estimate of drug-likeness (QED) is 0.904. The minimum Gasteiger partial charge on any atom is -0.335 e. The van der Waals surface area contributed by atoms with Crippen LogP contribution in [0.1, 0.15) is 18.5 Å². The van der Waals surface area contributed by atoms with Crippen molar-refractivity contribution in [1.29, 1.82) is 0 Å². The van der Waals surface area contributed by atoms with E-state index in [-0.39, 0.29) is 5.92 Å². The second-order valence-corrected chi connectivity index (χ2v) is 6.12. The number of aryl methyl sites for hydroxylation is 1. The molecule has 2 atom stereocenters. The van der Waals surface area contributed by atoms with E-state index >= 15 is 0 Å². The maximum atomic E-state index is 12.5. The Bertz CT molecular complexity index is 693. The number of hydrogen-bond acceptors (Lipinski definition) is 3. The summed E-state index contributed by atoms with van der Waals surface area (Å²) in [5, 5.41) is 9.24. The first-order valence-corrected chi connectivity index (χ1v) is 7.67. The van der Waals surface area contributed by atoms with Gasteiger partial charge in [0.2, 0.25) is 5.91 Å². The van der Waals surface area contributed by atoms with Crippen LogP contribution in [0.5, 0.6) is 0 Å². The van der Waals surface area contributed by atoms with Crippen molar-refractivity contribution < 1.29 is 4.79 Å². The molecule has 5 nitrogen and oxygen atoms in total. The van der Waals surface area contributed by atoms with Crippen molar-refractivity contribution in [2.24, 2.45) is 13.0 Å². The van der Waals surface area contributed by atoms with Gasteiger partial charge < -0.3 is 10.2 Å². The monoisotopic (exact) mass is 284 g/mol. The smallest absolute Gasteiger partial charge is 0.227 e. The van der Waals surface area contributed by atoms with Gasteiger partial charge >= 0.3 is 0 Å². The Hall–Kier alpha value is -1.88. The second-order valence-electron chi connectivity index (χ2n) is 6.12. The Kier molecular flexibility index (Phi) is 2.96. The summed E-state index contributed by atoms with van der Waals surface area (Å²) in [6.07, 6.45) is 2.13. The Balaban J connectivity index is 1.62. The van der Waals surface area contributed by atoms with Gasteiger partial charge in [0.05, 0.1) is 23.7 Å². The van der Waals surface area contributed by atoms with E-state index in [2.05, 4.69) is 22.5 Å². The number of likely N-dealkylation sites (tertiary alicyclic amines) is 1. The van der Waals surface area contributed by atoms with Crippen molar-refractivity contribution in [2.45, 2.75) is 25.4 Å². The third-order valence-corrected chi connectivity index (χ3v) is 4.81. The number of benzene rings is 1. The van der Waals surface area contributed by atoms with Crippen molar-refractivity contribution in [2.75, 3.05) is 13.1 Å². The van der Waals surface area contributed by atoms with Crippen molar-refractivity contribution in [3.8, 4) is 0 Å². The fraction of sp³-hybridized carbons (Fsp3) is 0.500. The number of nitrogens with zero attached hydrogens (tertiary/aromatic N) is 3. The third kappa shape index (κ3) is 2.03. The fourth-order valence-corrected chi connectivity index (χ4v) is 3.73. The van der Waals surface area contributed by atoms with Gasteiger partial charge in [0.1, 0.15) is 0 Å². The maximum Gasteiger partial charge on any atom is 0.227 e. The van der Waals surface area contributed by atoms with Crippen LogP contribution in [0.2, 0.25) is 0 Å². The van der Waals surface area contributed by atoms with Crippen molar-refractivity contribution in [3.63, 3.8) is 0 Å². The maximum absolute atomic E-state index is 12.5. The molecule has 1 amide bonds. The number of piperidine rings is 1. The van der Waals surface area contributed by atoms with Gasteiger partial charge in [0, 0.05) is 25.0 Å². The van der Waals surface area contributed by atoms with Gasteiger partial charge in [-0.1, -0.05) is 18.2 Å². The largest absolute Gasteiger partial charge is 0.335 e. The second kappa shape index (κ2) is 4.84. The van der Waals surface area contributed by atoms with Crippen LogP contribution in [-0.2, 0) is 18.4 Å². The van der Waals surface area contributed by atoms with Crippen molar-refractivity contribution in [1.82, 2.24) is 20.0 Å². The molecule has 110 valence electrons. The first-order valence-electron chi connectivity index (χ1n) is 7.67. The van der Waals surface area contributed by atoms with Crippen LogP contribution in [0.4, 0.5) is 0 Å². The molecule has 2 aliphatic rings. The molecule has 2 saturated heterocycles. The zero-order valence-electron chi connectivity index (χ0n) is 12.2. The van der Waals surface area contributed by atoms with Crippen molar-refractivity contribution >= 4 is 16.8 Å². The molecule has 1 N–H and O–H groups in total. The van der Waals surface area contributed by atoms with Gasteiger partial charge in [0.15, 0.2) is 0 Å². The van der Waals surface area contributed by atoms with Crippen LogP contribution >= 0.6 is 0 Å². The lowest BCUT2D eigenvalue weighted by Gasteiger charge is -2.23. The lowest BCUT2D eigenvalue weighted by molar-refractivity contribution is -0.132. The molecule has 0 spiro atoms. The number of rotatable bonds is 2. The standard InChI is InChI=1S/C16H20N4O/c1-19-15-7-3-2-5-11(15)14(18-19)10-20-9-13-12(16(20)21)6-4-8-17-13/h2-3,5,7,12-13,17H,4,6,8-10H2,1H3. The van der Waals surface area contributed by atoms with E-state index in [4.69, 9.17) is 0 Å². The molecule has 0 aliphatic carbocycles. The normalized spacial score (nSPS) is 25.6. The molecule has 0 radical (unpaired) electrons. The first-order chi connectivity index (χ1) is 10.2. The van der Waals surface area contributed by atoms with E-state index in [0.29, 0.717) is 18.5 Å². The Morgan fingerprint density at radius 3 is 3.10 bits per heavy atom. The topological polar surface area (TPSA) is 50.2 Å². The number of nitrogens with one attached hydrogen (secondary N) is 1. The van der Waals surface area contributed by atoms with Gasteiger partial charge in [-0.3, -0.25) is 9.48 Å². The highest BCUT2D eigenvalue weighted by atomic mass is 16.2. The predicted octanol–water partition coefficient (Wildman–Crippen LogP) is 1.28. The third-order valence-electron chi connectivity index (χ3n) is 4.81. The summed E-state index contributed by atoms with van der Waals surface area (Å²) in [6.45, 7) is 2.47. The molecule has 0 saturated carbocycles. The highest BCUT2D eigenvalue weighted by Gasteiger charge is 2.41. The molecule has 21 heavy (non-hydrogen) atoms. The molecule has 0 bridgehead atoms. The number of aromatic nitrogens is 2.